The number of amides is 1. The summed E-state index contributed by atoms with van der Waals surface area (Å²) in [5, 5.41) is 5.08. The van der Waals surface area contributed by atoms with Gasteiger partial charge in [0.25, 0.3) is 5.91 Å². The number of thioether (sulfide) groups is 1. The molecule has 0 atom stereocenters. The third kappa shape index (κ3) is 4.49. The number of nitrogens with zero attached hydrogens (tertiary/aromatic N) is 4. The lowest BCUT2D eigenvalue weighted by atomic mass is 10.1. The summed E-state index contributed by atoms with van der Waals surface area (Å²) >= 11 is 14.4. The van der Waals surface area contributed by atoms with Crippen LogP contribution in [0, 0.1) is 0 Å². The zero-order valence-corrected chi connectivity index (χ0v) is 20.5. The second kappa shape index (κ2) is 9.66. The monoisotopic (exact) mass is 510 g/mol. The van der Waals surface area contributed by atoms with Gasteiger partial charge in [-0.2, -0.15) is 11.8 Å². The standard InChI is InChI=1S/C24H20Cl2N6OS/c1-34-9-6-19(23-29-18-5-4-14(25)10-21(18)31-23)30-22-16-11-17(26)15(12-20(16)27-13-28-22)24(33)32-7-2-3-8-32/h2-6,10-13H,7-9H2,1H3,(H,29,31)(H,27,28,30)/b19-6+. The number of aromatic nitrogens is 4. The second-order valence-electron chi connectivity index (χ2n) is 7.70. The Morgan fingerprint density at radius 3 is 2.79 bits per heavy atom. The first-order valence-corrected chi connectivity index (χ1v) is 12.7. The van der Waals surface area contributed by atoms with Gasteiger partial charge in [0, 0.05) is 29.3 Å². The minimum atomic E-state index is -0.119. The van der Waals surface area contributed by atoms with Crippen LogP contribution in [0.25, 0.3) is 27.6 Å². The molecule has 2 aromatic heterocycles. The van der Waals surface area contributed by atoms with Crippen LogP contribution in [0.5, 0.6) is 0 Å². The number of carbonyl (C=O) groups is 1. The smallest absolute Gasteiger partial charge is 0.256 e. The molecule has 172 valence electrons. The molecule has 10 heteroatoms. The first-order chi connectivity index (χ1) is 16.5. The number of hydrogen-bond donors (Lipinski definition) is 2. The van der Waals surface area contributed by atoms with Crippen LogP contribution in [0.3, 0.4) is 0 Å². The topological polar surface area (TPSA) is 86.8 Å². The molecule has 5 rings (SSSR count). The maximum Gasteiger partial charge on any atom is 0.256 e. The van der Waals surface area contributed by atoms with Gasteiger partial charge in [0.1, 0.15) is 12.1 Å². The van der Waals surface area contributed by atoms with Crippen LogP contribution in [0.1, 0.15) is 16.2 Å². The Morgan fingerprint density at radius 2 is 2.00 bits per heavy atom. The van der Waals surface area contributed by atoms with E-state index in [4.69, 9.17) is 28.2 Å². The van der Waals surface area contributed by atoms with E-state index in [0.29, 0.717) is 51.2 Å². The molecule has 0 saturated carbocycles. The molecule has 0 radical (unpaired) electrons. The van der Waals surface area contributed by atoms with E-state index in [2.05, 4.69) is 20.3 Å². The zero-order valence-electron chi connectivity index (χ0n) is 18.2. The van der Waals surface area contributed by atoms with Gasteiger partial charge >= 0.3 is 0 Å². The number of benzene rings is 2. The van der Waals surface area contributed by atoms with Gasteiger partial charge in [0.15, 0.2) is 5.82 Å². The molecule has 1 aliphatic rings. The average molecular weight is 511 g/mol. The van der Waals surface area contributed by atoms with Crippen LogP contribution >= 0.6 is 35.0 Å². The van der Waals surface area contributed by atoms with Crippen molar-refractivity contribution in [2.75, 3.05) is 30.4 Å². The first kappa shape index (κ1) is 22.7. The highest BCUT2D eigenvalue weighted by Crippen LogP contribution is 2.30. The van der Waals surface area contributed by atoms with Crippen LogP contribution in [-0.2, 0) is 0 Å². The highest BCUT2D eigenvalue weighted by molar-refractivity contribution is 7.98. The van der Waals surface area contributed by atoms with Crippen molar-refractivity contribution in [1.82, 2.24) is 24.8 Å². The molecule has 34 heavy (non-hydrogen) atoms. The molecule has 4 aromatic rings. The lowest BCUT2D eigenvalue weighted by molar-refractivity contribution is 0.0800. The van der Waals surface area contributed by atoms with Gasteiger partial charge in [0.2, 0.25) is 0 Å². The van der Waals surface area contributed by atoms with Crippen LogP contribution in [0.15, 0.2) is 54.9 Å². The van der Waals surface area contributed by atoms with Gasteiger partial charge in [-0.25, -0.2) is 15.0 Å². The van der Waals surface area contributed by atoms with Crippen molar-refractivity contribution in [1.29, 1.82) is 0 Å². The van der Waals surface area contributed by atoms with Crippen LogP contribution in [0.2, 0.25) is 10.0 Å². The summed E-state index contributed by atoms with van der Waals surface area (Å²) in [5.74, 6) is 1.88. The highest BCUT2D eigenvalue weighted by Gasteiger charge is 2.21. The number of nitrogens with one attached hydrogen (secondary N) is 2. The summed E-state index contributed by atoms with van der Waals surface area (Å²) in [7, 11) is 0. The SMILES string of the molecule is CSC/C=C(/Nc1ncnc2cc(C(=O)N3CC=CC3)c(Cl)cc12)c1nc2ccc(Cl)cc2[nH]1. The van der Waals surface area contributed by atoms with Crippen molar-refractivity contribution in [3.05, 3.63) is 76.3 Å². The van der Waals surface area contributed by atoms with Gasteiger partial charge in [-0.1, -0.05) is 35.4 Å². The third-order valence-corrected chi connectivity index (χ3v) is 6.51. The van der Waals surface area contributed by atoms with Crippen molar-refractivity contribution >= 4 is 74.3 Å². The van der Waals surface area contributed by atoms with E-state index in [1.54, 1.807) is 28.8 Å². The molecular formula is C24H20Cl2N6OS. The number of hydrogen-bond acceptors (Lipinski definition) is 6. The Kier molecular flexibility index (Phi) is 6.45. The largest absolute Gasteiger partial charge is 0.337 e. The molecule has 0 saturated heterocycles. The van der Waals surface area contributed by atoms with E-state index >= 15 is 0 Å². The van der Waals surface area contributed by atoms with E-state index < -0.39 is 0 Å². The molecule has 3 heterocycles. The minimum Gasteiger partial charge on any atom is -0.337 e. The number of aromatic amines is 1. The maximum atomic E-state index is 12.9. The summed E-state index contributed by atoms with van der Waals surface area (Å²) in [4.78, 5) is 31.5. The molecule has 0 bridgehead atoms. The van der Waals surface area contributed by atoms with E-state index in [1.165, 1.54) is 6.33 Å². The molecule has 0 unspecified atom stereocenters. The number of H-pyrrole nitrogens is 1. The Morgan fingerprint density at radius 1 is 1.18 bits per heavy atom. The number of anilines is 1. The molecule has 1 amide bonds. The van der Waals surface area contributed by atoms with E-state index in [1.807, 2.05) is 42.7 Å². The van der Waals surface area contributed by atoms with Gasteiger partial charge in [-0.3, -0.25) is 4.79 Å². The quantitative estimate of drug-likeness (QED) is 0.326. The summed E-state index contributed by atoms with van der Waals surface area (Å²) in [6.45, 7) is 1.16. The van der Waals surface area contributed by atoms with Crippen molar-refractivity contribution in [2.24, 2.45) is 0 Å². The van der Waals surface area contributed by atoms with Crippen molar-refractivity contribution < 1.29 is 4.79 Å². The van der Waals surface area contributed by atoms with Crippen molar-refractivity contribution in [2.45, 2.75) is 0 Å². The summed E-state index contributed by atoms with van der Waals surface area (Å²) < 4.78 is 0. The maximum absolute atomic E-state index is 12.9. The predicted octanol–water partition coefficient (Wildman–Crippen LogP) is 5.64. The summed E-state index contributed by atoms with van der Waals surface area (Å²) in [6, 6.07) is 8.98. The Hall–Kier alpha value is -3.07. The predicted molar refractivity (Wildman–Crippen MR) is 141 cm³/mol. The molecule has 0 aliphatic carbocycles. The number of imidazole rings is 1. The number of halogens is 2. The fourth-order valence-electron chi connectivity index (χ4n) is 3.76. The van der Waals surface area contributed by atoms with Gasteiger partial charge in [-0.15, -0.1) is 0 Å². The Balaban J connectivity index is 1.52. The number of rotatable bonds is 6. The van der Waals surface area contributed by atoms with E-state index in [9.17, 15) is 4.79 Å². The van der Waals surface area contributed by atoms with Crippen LogP contribution in [-0.4, -0.2) is 55.8 Å². The normalized spacial score (nSPS) is 13.9. The van der Waals surface area contributed by atoms with Gasteiger partial charge in [-0.05, 0) is 42.7 Å². The highest BCUT2D eigenvalue weighted by atomic mass is 35.5. The molecular weight excluding hydrogens is 491 g/mol. The third-order valence-electron chi connectivity index (χ3n) is 5.47. The fourth-order valence-corrected chi connectivity index (χ4v) is 4.51. The molecule has 2 N–H and O–H groups in total. The van der Waals surface area contributed by atoms with Crippen molar-refractivity contribution in [3.63, 3.8) is 0 Å². The minimum absolute atomic E-state index is 0.119. The molecule has 7 nitrogen and oxygen atoms in total. The zero-order chi connectivity index (χ0) is 23.7. The van der Waals surface area contributed by atoms with Crippen molar-refractivity contribution in [3.8, 4) is 0 Å². The van der Waals surface area contributed by atoms with Crippen LogP contribution < -0.4 is 5.32 Å². The molecule has 0 fully saturated rings. The Bertz CT molecular complexity index is 1460. The average Bonchev–Trinajstić information content (AvgIpc) is 3.51. The molecule has 0 spiro atoms. The Labute approximate surface area is 210 Å². The summed E-state index contributed by atoms with van der Waals surface area (Å²) in [5.41, 5.74) is 3.47. The number of fused-ring (bicyclic) bond motifs is 2. The van der Waals surface area contributed by atoms with Gasteiger partial charge < -0.3 is 15.2 Å². The lowest BCUT2D eigenvalue weighted by Gasteiger charge is -2.17. The first-order valence-electron chi connectivity index (χ1n) is 10.5. The van der Waals surface area contributed by atoms with Crippen LogP contribution in [0.4, 0.5) is 5.82 Å². The molecule has 1 aliphatic heterocycles. The second-order valence-corrected chi connectivity index (χ2v) is 9.45. The lowest BCUT2D eigenvalue weighted by Crippen LogP contribution is -2.28. The molecule has 2 aromatic carbocycles. The fraction of sp³-hybridized carbons (Fsp3) is 0.167. The van der Waals surface area contributed by atoms with E-state index in [0.717, 1.165) is 22.5 Å². The van der Waals surface area contributed by atoms with Gasteiger partial charge in [0.05, 0.1) is 32.8 Å². The van der Waals surface area contributed by atoms with E-state index in [-0.39, 0.29) is 5.91 Å². The summed E-state index contributed by atoms with van der Waals surface area (Å²) in [6.07, 6.45) is 9.46. The number of carbonyl (C=O) groups excluding carboxylic acids is 1.